The molecule has 0 saturated heterocycles. The van der Waals surface area contributed by atoms with Crippen LogP contribution in [0.3, 0.4) is 0 Å². The van der Waals surface area contributed by atoms with Crippen LogP contribution in [0.1, 0.15) is 5.56 Å². The van der Waals surface area contributed by atoms with Crippen LogP contribution in [0.25, 0.3) is 6.08 Å². The van der Waals surface area contributed by atoms with Crippen molar-refractivity contribution >= 4 is 17.7 Å². The van der Waals surface area contributed by atoms with Crippen molar-refractivity contribution in [2.75, 3.05) is 12.8 Å². The second-order valence-corrected chi connectivity index (χ2v) is 2.54. The maximum absolute atomic E-state index is 10.2. The Morgan fingerprint density at radius 2 is 2.43 bits per heavy atom. The van der Waals surface area contributed by atoms with Crippen molar-refractivity contribution in [2.45, 2.75) is 0 Å². The highest BCUT2D eigenvalue weighted by molar-refractivity contribution is 5.85. The number of hydrogen-bond donors (Lipinski definition) is 2. The van der Waals surface area contributed by atoms with E-state index in [0.717, 1.165) is 6.08 Å². The number of nitrogen functional groups attached to an aromatic ring is 1. The third-order valence-electron chi connectivity index (χ3n) is 1.51. The van der Waals surface area contributed by atoms with Gasteiger partial charge >= 0.3 is 5.97 Å². The van der Waals surface area contributed by atoms with E-state index in [1.165, 1.54) is 19.4 Å². The second-order valence-electron chi connectivity index (χ2n) is 2.54. The van der Waals surface area contributed by atoms with Crippen molar-refractivity contribution < 1.29 is 14.6 Å². The standard InChI is InChI=1S/C9H10N2O3/c1-14-9-7(10)4-6(5-11-9)2-3-8(12)13/h2-5H,10H2,1H3,(H,12,13). The topological polar surface area (TPSA) is 85.4 Å². The molecule has 0 aliphatic heterocycles. The van der Waals surface area contributed by atoms with Crippen molar-refractivity contribution in [2.24, 2.45) is 0 Å². The molecule has 14 heavy (non-hydrogen) atoms. The van der Waals surface area contributed by atoms with Gasteiger partial charge in [0.1, 0.15) is 0 Å². The fraction of sp³-hybridized carbons (Fsp3) is 0.111. The maximum atomic E-state index is 10.2. The molecule has 5 heteroatoms. The number of nitrogens with two attached hydrogens (primary N) is 1. The molecule has 0 aliphatic rings. The van der Waals surface area contributed by atoms with Gasteiger partial charge in [-0.15, -0.1) is 0 Å². The summed E-state index contributed by atoms with van der Waals surface area (Å²) in [5.74, 6) is -0.683. The molecule has 0 amide bonds. The SMILES string of the molecule is COc1ncc(C=CC(=O)O)cc1N. The number of aromatic nitrogens is 1. The minimum absolute atomic E-state index is 0.331. The van der Waals surface area contributed by atoms with Crippen LogP contribution in [0, 0.1) is 0 Å². The molecular formula is C9H10N2O3. The Labute approximate surface area is 80.8 Å². The largest absolute Gasteiger partial charge is 0.480 e. The van der Waals surface area contributed by atoms with Gasteiger partial charge in [0.2, 0.25) is 5.88 Å². The summed E-state index contributed by atoms with van der Waals surface area (Å²) in [4.78, 5) is 14.1. The van der Waals surface area contributed by atoms with E-state index in [0.29, 0.717) is 17.1 Å². The Morgan fingerprint density at radius 3 is 2.93 bits per heavy atom. The predicted octanol–water partition coefficient (Wildman–Crippen LogP) is 0.770. The number of nitrogens with zero attached hydrogens (tertiary/aromatic N) is 1. The minimum Gasteiger partial charge on any atom is -0.480 e. The van der Waals surface area contributed by atoms with E-state index in [4.69, 9.17) is 15.6 Å². The van der Waals surface area contributed by atoms with Gasteiger partial charge in [0.05, 0.1) is 12.8 Å². The van der Waals surface area contributed by atoms with Crippen LogP contribution in [0.15, 0.2) is 18.3 Å². The summed E-state index contributed by atoms with van der Waals surface area (Å²) in [5, 5.41) is 8.38. The zero-order valence-electron chi connectivity index (χ0n) is 7.60. The molecule has 1 rings (SSSR count). The summed E-state index contributed by atoms with van der Waals surface area (Å²) in [6, 6.07) is 1.59. The molecule has 0 aromatic carbocycles. The number of hydrogen-bond acceptors (Lipinski definition) is 4. The maximum Gasteiger partial charge on any atom is 0.328 e. The zero-order chi connectivity index (χ0) is 10.6. The van der Waals surface area contributed by atoms with Crippen molar-refractivity contribution in [1.29, 1.82) is 0 Å². The van der Waals surface area contributed by atoms with E-state index < -0.39 is 5.97 Å². The first kappa shape index (κ1) is 10.0. The monoisotopic (exact) mass is 194 g/mol. The molecule has 0 fully saturated rings. The van der Waals surface area contributed by atoms with Crippen LogP contribution < -0.4 is 10.5 Å². The van der Waals surface area contributed by atoms with Crippen LogP contribution >= 0.6 is 0 Å². The molecule has 74 valence electrons. The quantitative estimate of drug-likeness (QED) is 0.694. The number of carboxylic acids is 1. The van der Waals surface area contributed by atoms with Gasteiger partial charge in [0, 0.05) is 12.3 Å². The van der Waals surface area contributed by atoms with Gasteiger partial charge < -0.3 is 15.6 Å². The highest BCUT2D eigenvalue weighted by Crippen LogP contribution is 2.18. The lowest BCUT2D eigenvalue weighted by atomic mass is 10.2. The molecular weight excluding hydrogens is 184 g/mol. The molecule has 5 nitrogen and oxygen atoms in total. The fourth-order valence-electron chi connectivity index (χ4n) is 0.915. The van der Waals surface area contributed by atoms with E-state index >= 15 is 0 Å². The average Bonchev–Trinajstić information content (AvgIpc) is 2.15. The first-order valence-corrected chi connectivity index (χ1v) is 3.84. The predicted molar refractivity (Wildman–Crippen MR) is 51.9 cm³/mol. The van der Waals surface area contributed by atoms with Crippen molar-refractivity contribution in [3.8, 4) is 5.88 Å². The lowest BCUT2D eigenvalue weighted by Gasteiger charge is -2.02. The number of methoxy groups -OCH3 is 1. The summed E-state index contributed by atoms with van der Waals surface area (Å²) >= 11 is 0. The number of carbonyl (C=O) groups is 1. The average molecular weight is 194 g/mol. The van der Waals surface area contributed by atoms with Crippen LogP contribution in [0.5, 0.6) is 5.88 Å². The van der Waals surface area contributed by atoms with Crippen LogP contribution in [0.4, 0.5) is 5.69 Å². The first-order chi connectivity index (χ1) is 6.63. The van der Waals surface area contributed by atoms with E-state index in [1.54, 1.807) is 6.07 Å². The fourth-order valence-corrected chi connectivity index (χ4v) is 0.915. The molecule has 0 radical (unpaired) electrons. The summed E-state index contributed by atoms with van der Waals surface area (Å²) < 4.78 is 4.85. The van der Waals surface area contributed by atoms with Gasteiger partial charge in [-0.05, 0) is 17.7 Å². The Morgan fingerprint density at radius 1 is 1.71 bits per heavy atom. The third kappa shape index (κ3) is 2.48. The van der Waals surface area contributed by atoms with Gasteiger partial charge in [-0.25, -0.2) is 9.78 Å². The summed E-state index contributed by atoms with van der Waals surface area (Å²) in [7, 11) is 1.46. The molecule has 1 aromatic heterocycles. The minimum atomic E-state index is -1.01. The molecule has 1 aromatic rings. The number of rotatable bonds is 3. The van der Waals surface area contributed by atoms with E-state index in [9.17, 15) is 4.79 Å². The van der Waals surface area contributed by atoms with Gasteiger partial charge in [-0.2, -0.15) is 0 Å². The zero-order valence-corrected chi connectivity index (χ0v) is 7.60. The number of aliphatic carboxylic acids is 1. The Kier molecular flexibility index (Phi) is 3.06. The molecule has 0 aliphatic carbocycles. The first-order valence-electron chi connectivity index (χ1n) is 3.84. The lowest BCUT2D eigenvalue weighted by Crippen LogP contribution is -1.95. The van der Waals surface area contributed by atoms with E-state index in [2.05, 4.69) is 4.98 Å². The molecule has 0 unspecified atom stereocenters. The van der Waals surface area contributed by atoms with Gasteiger partial charge in [0.15, 0.2) is 0 Å². The van der Waals surface area contributed by atoms with Crippen molar-refractivity contribution in [3.63, 3.8) is 0 Å². The van der Waals surface area contributed by atoms with Crippen molar-refractivity contribution in [3.05, 3.63) is 23.9 Å². The van der Waals surface area contributed by atoms with Gasteiger partial charge in [-0.3, -0.25) is 0 Å². The van der Waals surface area contributed by atoms with Gasteiger partial charge in [-0.1, -0.05) is 0 Å². The molecule has 1 heterocycles. The smallest absolute Gasteiger partial charge is 0.328 e. The highest BCUT2D eigenvalue weighted by Gasteiger charge is 2.00. The van der Waals surface area contributed by atoms with Crippen LogP contribution in [-0.4, -0.2) is 23.2 Å². The molecule has 0 spiro atoms. The second kappa shape index (κ2) is 4.27. The molecule has 0 atom stereocenters. The van der Waals surface area contributed by atoms with Crippen LogP contribution in [0.2, 0.25) is 0 Å². The third-order valence-corrected chi connectivity index (χ3v) is 1.51. The van der Waals surface area contributed by atoms with E-state index in [1.807, 2.05) is 0 Å². The Bertz CT molecular complexity index is 374. The number of ether oxygens (including phenoxy) is 1. The van der Waals surface area contributed by atoms with E-state index in [-0.39, 0.29) is 0 Å². The van der Waals surface area contributed by atoms with Crippen molar-refractivity contribution in [1.82, 2.24) is 4.98 Å². The molecule has 0 saturated carbocycles. The molecule has 3 N–H and O–H groups in total. The summed E-state index contributed by atoms with van der Waals surface area (Å²) in [6.45, 7) is 0. The number of anilines is 1. The van der Waals surface area contributed by atoms with Gasteiger partial charge in [0.25, 0.3) is 0 Å². The lowest BCUT2D eigenvalue weighted by molar-refractivity contribution is -0.131. The number of carboxylic acid groups (broad SMARTS) is 1. The normalized spacial score (nSPS) is 10.4. The Balaban J connectivity index is 2.91. The number of pyridine rings is 1. The Hall–Kier alpha value is -2.04. The summed E-state index contributed by atoms with van der Waals surface area (Å²) in [5.41, 5.74) is 6.56. The highest BCUT2D eigenvalue weighted by atomic mass is 16.5. The molecule has 0 bridgehead atoms. The van der Waals surface area contributed by atoms with Crippen LogP contribution in [-0.2, 0) is 4.79 Å². The summed E-state index contributed by atoms with van der Waals surface area (Å²) in [6.07, 6.45) is 3.91.